The number of carbonyl (C=O) groups is 1. The maximum atomic E-state index is 11.0. The van der Waals surface area contributed by atoms with Crippen LogP contribution in [0.1, 0.15) is 42.0 Å². The first-order valence-electron chi connectivity index (χ1n) is 7.21. The van der Waals surface area contributed by atoms with Gasteiger partial charge >= 0.3 is 5.97 Å². The van der Waals surface area contributed by atoms with Crippen molar-refractivity contribution in [3.05, 3.63) is 34.9 Å². The lowest BCUT2D eigenvalue weighted by Gasteiger charge is -2.35. The zero-order valence-electron chi connectivity index (χ0n) is 11.4. The molecule has 0 amide bonds. The number of carboxylic acids is 1. The normalized spacial score (nSPS) is 24.4. The molecule has 1 saturated heterocycles. The predicted octanol–water partition coefficient (Wildman–Crippen LogP) is 2.78. The smallest absolute Gasteiger partial charge is 0.306 e. The van der Waals surface area contributed by atoms with Crippen LogP contribution in [-0.4, -0.2) is 29.1 Å². The van der Waals surface area contributed by atoms with Crippen LogP contribution in [0.3, 0.4) is 0 Å². The Labute approximate surface area is 114 Å². The van der Waals surface area contributed by atoms with Crippen LogP contribution >= 0.6 is 0 Å². The summed E-state index contributed by atoms with van der Waals surface area (Å²) in [6, 6.07) is 7.28. The van der Waals surface area contributed by atoms with Crippen LogP contribution in [-0.2, 0) is 11.2 Å². The van der Waals surface area contributed by atoms with Gasteiger partial charge in [0.05, 0.1) is 5.92 Å². The van der Waals surface area contributed by atoms with Gasteiger partial charge in [-0.2, -0.15) is 0 Å². The number of carboxylic acid groups (broad SMARTS) is 1. The summed E-state index contributed by atoms with van der Waals surface area (Å²) in [6.45, 7) is 4.00. The molecule has 102 valence electrons. The van der Waals surface area contributed by atoms with Gasteiger partial charge in [0.1, 0.15) is 0 Å². The molecule has 0 radical (unpaired) electrons. The summed E-state index contributed by atoms with van der Waals surface area (Å²) in [5.74, 6) is -0.753. The molecule has 1 unspecified atom stereocenters. The first-order chi connectivity index (χ1) is 9.15. The Hall–Kier alpha value is -1.35. The second-order valence-electron chi connectivity index (χ2n) is 5.91. The molecule has 1 heterocycles. The van der Waals surface area contributed by atoms with Gasteiger partial charge in [-0.15, -0.1) is 0 Å². The number of aliphatic carboxylic acids is 1. The molecule has 19 heavy (non-hydrogen) atoms. The van der Waals surface area contributed by atoms with E-state index in [1.165, 1.54) is 29.5 Å². The molecule has 1 N–H and O–H groups in total. The maximum absolute atomic E-state index is 11.0. The molecule has 1 fully saturated rings. The van der Waals surface area contributed by atoms with E-state index in [2.05, 4.69) is 30.0 Å². The van der Waals surface area contributed by atoms with Gasteiger partial charge in [-0.3, -0.25) is 9.69 Å². The Balaban J connectivity index is 1.73. The number of rotatable bonds is 2. The second kappa shape index (κ2) is 4.97. The van der Waals surface area contributed by atoms with Gasteiger partial charge in [0, 0.05) is 6.04 Å². The fraction of sp³-hybridized carbons (Fsp3) is 0.562. The number of fused-ring (bicyclic) bond motifs is 1. The van der Waals surface area contributed by atoms with Crippen LogP contribution in [0.2, 0.25) is 0 Å². The van der Waals surface area contributed by atoms with Crippen LogP contribution in [0.4, 0.5) is 0 Å². The molecule has 0 bridgehead atoms. The van der Waals surface area contributed by atoms with Crippen LogP contribution in [0.5, 0.6) is 0 Å². The highest BCUT2D eigenvalue weighted by Crippen LogP contribution is 2.38. The van der Waals surface area contributed by atoms with E-state index in [9.17, 15) is 4.79 Å². The number of hydrogen-bond donors (Lipinski definition) is 1. The molecule has 1 atom stereocenters. The molecule has 1 aromatic carbocycles. The van der Waals surface area contributed by atoms with Crippen LogP contribution in [0, 0.1) is 12.8 Å². The van der Waals surface area contributed by atoms with Crippen molar-refractivity contribution in [2.75, 3.05) is 13.1 Å². The van der Waals surface area contributed by atoms with Crippen molar-refractivity contribution in [3.8, 4) is 0 Å². The van der Waals surface area contributed by atoms with Gasteiger partial charge in [0.25, 0.3) is 0 Å². The monoisotopic (exact) mass is 259 g/mol. The Morgan fingerprint density at radius 2 is 2.00 bits per heavy atom. The Morgan fingerprint density at radius 3 is 2.68 bits per heavy atom. The van der Waals surface area contributed by atoms with E-state index in [1.54, 1.807) is 0 Å². The molecule has 3 nitrogen and oxygen atoms in total. The number of piperidine rings is 1. The molecule has 0 aromatic heterocycles. The zero-order valence-corrected chi connectivity index (χ0v) is 11.4. The van der Waals surface area contributed by atoms with E-state index < -0.39 is 5.97 Å². The first kappa shape index (κ1) is 12.7. The molecule has 3 rings (SSSR count). The van der Waals surface area contributed by atoms with Crippen LogP contribution < -0.4 is 0 Å². The van der Waals surface area contributed by atoms with Crippen LogP contribution in [0.25, 0.3) is 0 Å². The van der Waals surface area contributed by atoms with Gasteiger partial charge in [0.2, 0.25) is 0 Å². The van der Waals surface area contributed by atoms with Crippen molar-refractivity contribution in [1.82, 2.24) is 4.90 Å². The lowest BCUT2D eigenvalue weighted by atomic mass is 9.94. The number of hydrogen-bond acceptors (Lipinski definition) is 2. The summed E-state index contributed by atoms with van der Waals surface area (Å²) in [5, 5.41) is 9.07. The van der Waals surface area contributed by atoms with Crippen LogP contribution in [0.15, 0.2) is 18.2 Å². The first-order valence-corrected chi connectivity index (χ1v) is 7.21. The highest BCUT2D eigenvalue weighted by molar-refractivity contribution is 5.70. The van der Waals surface area contributed by atoms with Crippen molar-refractivity contribution in [1.29, 1.82) is 0 Å². The molecule has 1 aliphatic heterocycles. The van der Waals surface area contributed by atoms with E-state index in [1.807, 2.05) is 0 Å². The van der Waals surface area contributed by atoms with Gasteiger partial charge in [-0.05, 0) is 56.8 Å². The van der Waals surface area contributed by atoms with Crippen molar-refractivity contribution >= 4 is 5.97 Å². The predicted molar refractivity (Wildman–Crippen MR) is 74.2 cm³/mol. The minimum absolute atomic E-state index is 0.130. The Morgan fingerprint density at radius 1 is 1.26 bits per heavy atom. The third-order valence-electron chi connectivity index (χ3n) is 4.67. The molecule has 2 aliphatic rings. The third kappa shape index (κ3) is 2.39. The van der Waals surface area contributed by atoms with Crippen molar-refractivity contribution in [3.63, 3.8) is 0 Å². The number of aryl methyl sites for hydroxylation is 2. The molecule has 3 heteroatoms. The average molecular weight is 259 g/mol. The Bertz CT molecular complexity index is 490. The summed E-state index contributed by atoms with van der Waals surface area (Å²) in [5.41, 5.74) is 4.29. The van der Waals surface area contributed by atoms with Gasteiger partial charge in [0.15, 0.2) is 0 Å². The molecular formula is C16H21NO2. The highest BCUT2D eigenvalue weighted by atomic mass is 16.4. The maximum Gasteiger partial charge on any atom is 0.306 e. The van der Waals surface area contributed by atoms with E-state index in [4.69, 9.17) is 5.11 Å². The minimum atomic E-state index is -0.623. The SMILES string of the molecule is Cc1ccc2c(c1)C(N1CCC(C(=O)O)CC1)CC2. The summed E-state index contributed by atoms with van der Waals surface area (Å²) in [4.78, 5) is 13.5. The average Bonchev–Trinajstić information content (AvgIpc) is 2.81. The van der Waals surface area contributed by atoms with Gasteiger partial charge < -0.3 is 5.11 Å². The Kier molecular flexibility index (Phi) is 3.31. The fourth-order valence-corrected chi connectivity index (χ4v) is 3.54. The summed E-state index contributed by atoms with van der Waals surface area (Å²) in [6.07, 6.45) is 3.95. The van der Waals surface area contributed by atoms with Gasteiger partial charge in [-0.25, -0.2) is 0 Å². The molecule has 1 aromatic rings. The molecule has 0 saturated carbocycles. The van der Waals surface area contributed by atoms with E-state index in [-0.39, 0.29) is 5.92 Å². The molecule has 1 aliphatic carbocycles. The second-order valence-corrected chi connectivity index (χ2v) is 5.91. The minimum Gasteiger partial charge on any atom is -0.481 e. The van der Waals surface area contributed by atoms with Gasteiger partial charge in [-0.1, -0.05) is 23.8 Å². The van der Waals surface area contributed by atoms with Crippen molar-refractivity contribution in [2.45, 2.75) is 38.6 Å². The van der Waals surface area contributed by atoms with Crippen molar-refractivity contribution in [2.24, 2.45) is 5.92 Å². The summed E-state index contributed by atoms with van der Waals surface area (Å²) >= 11 is 0. The standard InChI is InChI=1S/C16H21NO2/c1-11-2-3-12-4-5-15(14(12)10-11)17-8-6-13(7-9-17)16(18)19/h2-3,10,13,15H,4-9H2,1H3,(H,18,19). The highest BCUT2D eigenvalue weighted by Gasteiger charge is 2.32. The summed E-state index contributed by atoms with van der Waals surface area (Å²) < 4.78 is 0. The lowest BCUT2D eigenvalue weighted by molar-refractivity contribution is -0.143. The molecule has 0 spiro atoms. The molecular weight excluding hydrogens is 238 g/mol. The topological polar surface area (TPSA) is 40.5 Å². The van der Waals surface area contributed by atoms with E-state index in [0.29, 0.717) is 6.04 Å². The largest absolute Gasteiger partial charge is 0.481 e. The number of nitrogens with zero attached hydrogens (tertiary/aromatic N) is 1. The quantitative estimate of drug-likeness (QED) is 0.888. The van der Waals surface area contributed by atoms with Crippen molar-refractivity contribution < 1.29 is 9.90 Å². The fourth-order valence-electron chi connectivity index (χ4n) is 3.54. The van der Waals surface area contributed by atoms with E-state index in [0.717, 1.165) is 25.9 Å². The number of likely N-dealkylation sites (tertiary alicyclic amines) is 1. The third-order valence-corrected chi connectivity index (χ3v) is 4.67. The van der Waals surface area contributed by atoms with E-state index >= 15 is 0 Å². The summed E-state index contributed by atoms with van der Waals surface area (Å²) in [7, 11) is 0. The lowest BCUT2D eigenvalue weighted by Crippen LogP contribution is -2.38. The zero-order chi connectivity index (χ0) is 13.4. The number of benzene rings is 1.